The highest BCUT2D eigenvalue weighted by Crippen LogP contribution is 2.29. The van der Waals surface area contributed by atoms with Crippen molar-refractivity contribution in [3.63, 3.8) is 0 Å². The van der Waals surface area contributed by atoms with Gasteiger partial charge in [0.1, 0.15) is 5.01 Å². The van der Waals surface area contributed by atoms with Crippen molar-refractivity contribution in [2.45, 2.75) is 13.8 Å². The van der Waals surface area contributed by atoms with E-state index in [1.165, 1.54) is 0 Å². The molecule has 3 heteroatoms. The van der Waals surface area contributed by atoms with Crippen LogP contribution >= 0.6 is 11.3 Å². The molecular formula is C16H14N2S. The van der Waals surface area contributed by atoms with Gasteiger partial charge < -0.3 is 0 Å². The van der Waals surface area contributed by atoms with Gasteiger partial charge in [-0.3, -0.25) is 4.98 Å². The number of aromatic nitrogens is 2. The molecule has 0 aliphatic heterocycles. The summed E-state index contributed by atoms with van der Waals surface area (Å²) in [7, 11) is 0. The maximum absolute atomic E-state index is 4.72. The van der Waals surface area contributed by atoms with Crippen molar-refractivity contribution in [1.82, 2.24) is 9.97 Å². The first kappa shape index (κ1) is 12.1. The molecule has 3 aromatic rings. The van der Waals surface area contributed by atoms with Crippen molar-refractivity contribution in [1.29, 1.82) is 0 Å². The molecule has 94 valence electrons. The first-order chi connectivity index (χ1) is 9.22. The molecule has 3 rings (SSSR count). The number of hydrogen-bond acceptors (Lipinski definition) is 3. The molecule has 0 unspecified atom stereocenters. The molecule has 0 radical (unpaired) electrons. The summed E-state index contributed by atoms with van der Waals surface area (Å²) in [4.78, 5) is 9.13. The third-order valence-corrected chi connectivity index (χ3v) is 3.79. The SMILES string of the molecule is Cc1cc(-c2nc(-c3ccccc3)cs2)cc(C)n1. The van der Waals surface area contributed by atoms with E-state index in [0.717, 1.165) is 33.2 Å². The van der Waals surface area contributed by atoms with Gasteiger partial charge >= 0.3 is 0 Å². The molecule has 2 nitrogen and oxygen atoms in total. The van der Waals surface area contributed by atoms with E-state index < -0.39 is 0 Å². The highest BCUT2D eigenvalue weighted by Gasteiger charge is 2.07. The van der Waals surface area contributed by atoms with E-state index in [4.69, 9.17) is 4.98 Å². The zero-order chi connectivity index (χ0) is 13.2. The standard InChI is InChI=1S/C16H14N2S/c1-11-8-14(9-12(2)17-11)16-18-15(10-19-16)13-6-4-3-5-7-13/h3-10H,1-2H3. The fourth-order valence-electron chi connectivity index (χ4n) is 2.11. The van der Waals surface area contributed by atoms with Crippen molar-refractivity contribution in [2.75, 3.05) is 0 Å². The van der Waals surface area contributed by atoms with E-state index in [2.05, 4.69) is 34.6 Å². The third kappa shape index (κ3) is 2.56. The quantitative estimate of drug-likeness (QED) is 0.683. The molecule has 0 amide bonds. The van der Waals surface area contributed by atoms with Gasteiger partial charge in [0.15, 0.2) is 0 Å². The molecule has 0 saturated heterocycles. The predicted molar refractivity (Wildman–Crippen MR) is 80.3 cm³/mol. The zero-order valence-electron chi connectivity index (χ0n) is 10.9. The van der Waals surface area contributed by atoms with Gasteiger partial charge in [-0.05, 0) is 26.0 Å². The van der Waals surface area contributed by atoms with Crippen LogP contribution in [0.15, 0.2) is 47.8 Å². The summed E-state index contributed by atoms with van der Waals surface area (Å²) in [6.45, 7) is 4.03. The predicted octanol–water partition coefficient (Wildman–Crippen LogP) is 4.49. The van der Waals surface area contributed by atoms with Crippen molar-refractivity contribution in [3.05, 3.63) is 59.2 Å². The third-order valence-electron chi connectivity index (χ3n) is 2.90. The first-order valence-electron chi connectivity index (χ1n) is 6.19. The Labute approximate surface area is 116 Å². The zero-order valence-corrected chi connectivity index (χ0v) is 11.7. The number of hydrogen-bond donors (Lipinski definition) is 0. The van der Waals surface area contributed by atoms with E-state index in [-0.39, 0.29) is 0 Å². The lowest BCUT2D eigenvalue weighted by atomic mass is 10.2. The lowest BCUT2D eigenvalue weighted by molar-refractivity contribution is 1.12. The van der Waals surface area contributed by atoms with Crippen LogP contribution in [0.5, 0.6) is 0 Å². The van der Waals surface area contributed by atoms with Crippen LogP contribution in [0.1, 0.15) is 11.4 Å². The molecule has 19 heavy (non-hydrogen) atoms. The lowest BCUT2D eigenvalue weighted by Gasteiger charge is -2.00. The summed E-state index contributed by atoms with van der Waals surface area (Å²) in [6, 6.07) is 14.4. The topological polar surface area (TPSA) is 25.8 Å². The Morgan fingerprint density at radius 1 is 0.842 bits per heavy atom. The highest BCUT2D eigenvalue weighted by molar-refractivity contribution is 7.13. The number of benzene rings is 1. The van der Waals surface area contributed by atoms with Crippen LogP contribution in [-0.4, -0.2) is 9.97 Å². The smallest absolute Gasteiger partial charge is 0.124 e. The fourth-order valence-corrected chi connectivity index (χ4v) is 2.92. The maximum Gasteiger partial charge on any atom is 0.124 e. The number of aryl methyl sites for hydroxylation is 2. The fraction of sp³-hybridized carbons (Fsp3) is 0.125. The summed E-state index contributed by atoms with van der Waals surface area (Å²) < 4.78 is 0. The van der Waals surface area contributed by atoms with Gasteiger partial charge in [-0.2, -0.15) is 0 Å². The molecule has 0 N–H and O–H groups in total. The van der Waals surface area contributed by atoms with Gasteiger partial charge in [0.05, 0.1) is 5.69 Å². The molecule has 0 atom stereocenters. The number of pyridine rings is 1. The Kier molecular flexibility index (Phi) is 3.13. The van der Waals surface area contributed by atoms with Crippen LogP contribution in [0.4, 0.5) is 0 Å². The van der Waals surface area contributed by atoms with Crippen LogP contribution in [0.3, 0.4) is 0 Å². The molecule has 0 fully saturated rings. The van der Waals surface area contributed by atoms with Crippen molar-refractivity contribution >= 4 is 11.3 Å². The summed E-state index contributed by atoms with van der Waals surface area (Å²) in [6.07, 6.45) is 0. The Bertz CT molecular complexity index is 682. The monoisotopic (exact) mass is 266 g/mol. The maximum atomic E-state index is 4.72. The van der Waals surface area contributed by atoms with Crippen molar-refractivity contribution in [2.24, 2.45) is 0 Å². The first-order valence-corrected chi connectivity index (χ1v) is 7.07. The van der Waals surface area contributed by atoms with E-state index in [0.29, 0.717) is 0 Å². The Hall–Kier alpha value is -2.00. The van der Waals surface area contributed by atoms with E-state index in [1.54, 1.807) is 11.3 Å². The van der Waals surface area contributed by atoms with Gasteiger partial charge in [-0.1, -0.05) is 30.3 Å². The van der Waals surface area contributed by atoms with Gasteiger partial charge in [-0.15, -0.1) is 11.3 Å². The molecule has 0 aliphatic carbocycles. The van der Waals surface area contributed by atoms with Crippen molar-refractivity contribution < 1.29 is 0 Å². The molecule has 0 saturated carbocycles. The largest absolute Gasteiger partial charge is 0.258 e. The van der Waals surface area contributed by atoms with Crippen LogP contribution in [0.25, 0.3) is 21.8 Å². The van der Waals surface area contributed by atoms with Crippen LogP contribution in [0.2, 0.25) is 0 Å². The second-order valence-corrected chi connectivity index (χ2v) is 5.40. The molecule has 1 aromatic carbocycles. The molecular weight excluding hydrogens is 252 g/mol. The average Bonchev–Trinajstić information content (AvgIpc) is 2.88. The average molecular weight is 266 g/mol. The molecule has 2 heterocycles. The minimum absolute atomic E-state index is 1.03. The van der Waals surface area contributed by atoms with Gasteiger partial charge in [0.2, 0.25) is 0 Å². The second-order valence-electron chi connectivity index (χ2n) is 4.54. The second kappa shape index (κ2) is 4.94. The highest BCUT2D eigenvalue weighted by atomic mass is 32.1. The van der Waals surface area contributed by atoms with E-state index >= 15 is 0 Å². The van der Waals surface area contributed by atoms with Crippen LogP contribution < -0.4 is 0 Å². The Morgan fingerprint density at radius 3 is 2.21 bits per heavy atom. The Balaban J connectivity index is 2.02. The number of rotatable bonds is 2. The minimum atomic E-state index is 1.03. The molecule has 0 aliphatic rings. The summed E-state index contributed by atoms with van der Waals surface area (Å²) >= 11 is 1.68. The molecule has 2 aromatic heterocycles. The summed E-state index contributed by atoms with van der Waals surface area (Å²) in [5, 5.41) is 3.16. The molecule has 0 spiro atoms. The van der Waals surface area contributed by atoms with Crippen LogP contribution in [-0.2, 0) is 0 Å². The number of nitrogens with zero attached hydrogens (tertiary/aromatic N) is 2. The van der Waals surface area contributed by atoms with Gasteiger partial charge in [0, 0.05) is 27.9 Å². The minimum Gasteiger partial charge on any atom is -0.258 e. The van der Waals surface area contributed by atoms with Crippen molar-refractivity contribution in [3.8, 4) is 21.8 Å². The van der Waals surface area contributed by atoms with Gasteiger partial charge in [0.25, 0.3) is 0 Å². The molecule has 0 bridgehead atoms. The summed E-state index contributed by atoms with van der Waals surface area (Å²) in [5.41, 5.74) is 5.41. The Morgan fingerprint density at radius 2 is 1.53 bits per heavy atom. The lowest BCUT2D eigenvalue weighted by Crippen LogP contribution is -1.87. The van der Waals surface area contributed by atoms with E-state index in [9.17, 15) is 0 Å². The number of thiazole rings is 1. The van der Waals surface area contributed by atoms with Crippen LogP contribution in [0, 0.1) is 13.8 Å². The summed E-state index contributed by atoms with van der Waals surface area (Å²) in [5.74, 6) is 0. The normalized spacial score (nSPS) is 10.6. The van der Waals surface area contributed by atoms with E-state index in [1.807, 2.05) is 32.0 Å². The van der Waals surface area contributed by atoms with Gasteiger partial charge in [-0.25, -0.2) is 4.98 Å².